The van der Waals surface area contributed by atoms with Crippen molar-refractivity contribution in [1.82, 2.24) is 4.90 Å². The third-order valence-corrected chi connectivity index (χ3v) is 6.15. The van der Waals surface area contributed by atoms with Crippen LogP contribution in [0.3, 0.4) is 0 Å². The van der Waals surface area contributed by atoms with Crippen molar-refractivity contribution in [3.63, 3.8) is 0 Å². The van der Waals surface area contributed by atoms with Gasteiger partial charge in [-0.1, -0.05) is 18.2 Å². The van der Waals surface area contributed by atoms with Gasteiger partial charge < -0.3 is 9.64 Å². The average molecular weight is 388 g/mol. The first-order valence-corrected chi connectivity index (χ1v) is 10.3. The van der Waals surface area contributed by atoms with Crippen LogP contribution in [0.1, 0.15) is 28.4 Å². The van der Waals surface area contributed by atoms with Crippen LogP contribution in [0.2, 0.25) is 0 Å². The number of amides is 1. The maximum Gasteiger partial charge on any atom is 0.262 e. The summed E-state index contributed by atoms with van der Waals surface area (Å²) < 4.78 is 33.5. The lowest BCUT2D eigenvalue weighted by atomic mass is 10.1. The lowest BCUT2D eigenvalue weighted by molar-refractivity contribution is 0.00360. The van der Waals surface area contributed by atoms with Crippen molar-refractivity contribution in [3.8, 4) is 0 Å². The summed E-state index contributed by atoms with van der Waals surface area (Å²) in [5, 5.41) is 0. The highest BCUT2D eigenvalue weighted by Crippen LogP contribution is 2.22. The molecule has 0 aromatic heterocycles. The number of rotatable bonds is 4. The number of hydrogen-bond donors (Lipinski definition) is 1. The van der Waals surface area contributed by atoms with Crippen LogP contribution in [0.25, 0.3) is 0 Å². The minimum atomic E-state index is -3.74. The SMILES string of the molecule is Cc1ccc(C)c(S(=O)(=O)Nc2cccc(C(=O)N3CCOC[C@H]3C)c2)c1. The number of nitrogens with zero attached hydrogens (tertiary/aromatic N) is 1. The Morgan fingerprint density at radius 2 is 1.96 bits per heavy atom. The molecule has 0 saturated carbocycles. The topological polar surface area (TPSA) is 75.7 Å². The zero-order chi connectivity index (χ0) is 19.6. The van der Waals surface area contributed by atoms with Crippen LogP contribution in [0, 0.1) is 13.8 Å². The number of hydrogen-bond acceptors (Lipinski definition) is 4. The number of ether oxygens (including phenoxy) is 1. The number of morpholine rings is 1. The van der Waals surface area contributed by atoms with E-state index in [1.807, 2.05) is 19.9 Å². The van der Waals surface area contributed by atoms with Crippen molar-refractivity contribution in [3.05, 3.63) is 59.2 Å². The zero-order valence-electron chi connectivity index (χ0n) is 15.7. The summed E-state index contributed by atoms with van der Waals surface area (Å²) in [6.07, 6.45) is 0. The minimum Gasteiger partial charge on any atom is -0.377 e. The van der Waals surface area contributed by atoms with Crippen LogP contribution in [-0.4, -0.2) is 45.0 Å². The predicted molar refractivity (Wildman–Crippen MR) is 104 cm³/mol. The van der Waals surface area contributed by atoms with Crippen LogP contribution in [0.15, 0.2) is 47.4 Å². The Labute approximate surface area is 160 Å². The fourth-order valence-electron chi connectivity index (χ4n) is 3.12. The smallest absolute Gasteiger partial charge is 0.262 e. The van der Waals surface area contributed by atoms with Crippen molar-refractivity contribution in [2.24, 2.45) is 0 Å². The summed E-state index contributed by atoms with van der Waals surface area (Å²) in [6, 6.07) is 11.9. The number of anilines is 1. The Morgan fingerprint density at radius 3 is 2.70 bits per heavy atom. The maximum absolute atomic E-state index is 12.8. The van der Waals surface area contributed by atoms with Crippen LogP contribution in [0.4, 0.5) is 5.69 Å². The van der Waals surface area contributed by atoms with Gasteiger partial charge in [0.15, 0.2) is 0 Å². The molecule has 2 aromatic carbocycles. The van der Waals surface area contributed by atoms with Gasteiger partial charge >= 0.3 is 0 Å². The van der Waals surface area contributed by atoms with Gasteiger partial charge in [-0.3, -0.25) is 9.52 Å². The second-order valence-electron chi connectivity index (χ2n) is 6.88. The number of nitrogens with one attached hydrogen (secondary N) is 1. The molecule has 1 atom stereocenters. The lowest BCUT2D eigenvalue weighted by Gasteiger charge is -2.33. The summed E-state index contributed by atoms with van der Waals surface area (Å²) in [7, 11) is -3.74. The van der Waals surface area contributed by atoms with Gasteiger partial charge in [-0.05, 0) is 56.2 Å². The number of carbonyl (C=O) groups excluding carboxylic acids is 1. The van der Waals surface area contributed by atoms with Crippen LogP contribution in [0.5, 0.6) is 0 Å². The van der Waals surface area contributed by atoms with E-state index in [0.717, 1.165) is 5.56 Å². The van der Waals surface area contributed by atoms with Crippen LogP contribution < -0.4 is 4.72 Å². The molecule has 3 rings (SSSR count). The molecule has 27 heavy (non-hydrogen) atoms. The van der Waals surface area contributed by atoms with Gasteiger partial charge in [-0.2, -0.15) is 0 Å². The molecule has 2 aromatic rings. The highest BCUT2D eigenvalue weighted by atomic mass is 32.2. The average Bonchev–Trinajstić information content (AvgIpc) is 2.63. The van der Waals surface area contributed by atoms with Gasteiger partial charge in [0.25, 0.3) is 15.9 Å². The normalized spacial score (nSPS) is 17.6. The predicted octanol–water partition coefficient (Wildman–Crippen LogP) is 2.97. The monoisotopic (exact) mass is 388 g/mol. The molecule has 144 valence electrons. The van der Waals surface area contributed by atoms with Gasteiger partial charge in [0.2, 0.25) is 0 Å². The fraction of sp³-hybridized carbons (Fsp3) is 0.350. The Hall–Kier alpha value is -2.38. The number of carbonyl (C=O) groups is 1. The standard InChI is InChI=1S/C20H24N2O4S/c1-14-7-8-15(2)19(11-14)27(24,25)21-18-6-4-5-17(12-18)20(23)22-9-10-26-13-16(22)3/h4-8,11-12,16,21H,9-10,13H2,1-3H3/t16-/m1/s1. The molecule has 6 nitrogen and oxygen atoms in total. The molecule has 1 aliphatic heterocycles. The third kappa shape index (κ3) is 4.31. The molecule has 1 fully saturated rings. The van der Waals surface area contributed by atoms with E-state index in [0.29, 0.717) is 36.6 Å². The maximum atomic E-state index is 12.8. The molecule has 1 N–H and O–H groups in total. The molecule has 0 bridgehead atoms. The lowest BCUT2D eigenvalue weighted by Crippen LogP contribution is -2.47. The van der Waals surface area contributed by atoms with Gasteiger partial charge in [0.05, 0.1) is 24.2 Å². The number of sulfonamides is 1. The van der Waals surface area contributed by atoms with Gasteiger partial charge in [0, 0.05) is 17.8 Å². The van der Waals surface area contributed by atoms with Crippen molar-refractivity contribution < 1.29 is 17.9 Å². The molecule has 0 spiro atoms. The first-order chi connectivity index (χ1) is 12.8. The highest BCUT2D eigenvalue weighted by Gasteiger charge is 2.25. The van der Waals surface area contributed by atoms with E-state index in [4.69, 9.17) is 4.74 Å². The Morgan fingerprint density at radius 1 is 1.19 bits per heavy atom. The van der Waals surface area contributed by atoms with Crippen molar-refractivity contribution >= 4 is 21.6 Å². The van der Waals surface area contributed by atoms with E-state index < -0.39 is 10.0 Å². The second kappa shape index (κ2) is 7.70. The molecular weight excluding hydrogens is 364 g/mol. The van der Waals surface area contributed by atoms with E-state index >= 15 is 0 Å². The van der Waals surface area contributed by atoms with Gasteiger partial charge in [-0.25, -0.2) is 8.42 Å². The van der Waals surface area contributed by atoms with Gasteiger partial charge in [0.1, 0.15) is 0 Å². The highest BCUT2D eigenvalue weighted by molar-refractivity contribution is 7.92. The summed E-state index contributed by atoms with van der Waals surface area (Å²) >= 11 is 0. The number of benzene rings is 2. The van der Waals surface area contributed by atoms with E-state index in [2.05, 4.69) is 4.72 Å². The number of aryl methyl sites for hydroxylation is 2. The van der Waals surface area contributed by atoms with Gasteiger partial charge in [-0.15, -0.1) is 0 Å². The molecular formula is C20H24N2O4S. The van der Waals surface area contributed by atoms with E-state index in [9.17, 15) is 13.2 Å². The molecule has 1 heterocycles. The summed E-state index contributed by atoms with van der Waals surface area (Å²) in [5.41, 5.74) is 2.35. The molecule has 0 radical (unpaired) electrons. The Kier molecular flexibility index (Phi) is 5.53. The first kappa shape index (κ1) is 19.4. The molecule has 1 saturated heterocycles. The summed E-state index contributed by atoms with van der Waals surface area (Å²) in [6.45, 7) is 7.08. The van der Waals surface area contributed by atoms with Crippen molar-refractivity contribution in [1.29, 1.82) is 0 Å². The molecule has 0 unspecified atom stereocenters. The molecule has 1 amide bonds. The Balaban J connectivity index is 1.85. The first-order valence-electron chi connectivity index (χ1n) is 8.87. The Bertz CT molecular complexity index is 956. The minimum absolute atomic E-state index is 0.0125. The zero-order valence-corrected chi connectivity index (χ0v) is 16.5. The van der Waals surface area contributed by atoms with Crippen LogP contribution in [-0.2, 0) is 14.8 Å². The van der Waals surface area contributed by atoms with Crippen molar-refractivity contribution in [2.75, 3.05) is 24.5 Å². The summed E-state index contributed by atoms with van der Waals surface area (Å²) in [5.74, 6) is -0.126. The fourth-order valence-corrected chi connectivity index (χ4v) is 4.50. The third-order valence-electron chi connectivity index (χ3n) is 4.62. The molecule has 7 heteroatoms. The largest absolute Gasteiger partial charge is 0.377 e. The van der Waals surface area contributed by atoms with Crippen molar-refractivity contribution in [2.45, 2.75) is 31.7 Å². The van der Waals surface area contributed by atoms with E-state index in [1.165, 1.54) is 0 Å². The van der Waals surface area contributed by atoms with E-state index in [-0.39, 0.29) is 16.8 Å². The second-order valence-corrected chi connectivity index (χ2v) is 8.53. The molecule has 1 aliphatic rings. The van der Waals surface area contributed by atoms with E-state index in [1.54, 1.807) is 48.2 Å². The molecule has 0 aliphatic carbocycles. The summed E-state index contributed by atoms with van der Waals surface area (Å²) in [4.78, 5) is 14.8. The quantitative estimate of drug-likeness (QED) is 0.874. The van der Waals surface area contributed by atoms with Crippen LogP contribution >= 0.6 is 0 Å².